The van der Waals surface area contributed by atoms with Gasteiger partial charge in [-0.1, -0.05) is 31.2 Å². The van der Waals surface area contributed by atoms with Crippen molar-refractivity contribution in [3.8, 4) is 23.1 Å². The van der Waals surface area contributed by atoms with Crippen molar-refractivity contribution >= 4 is 0 Å². The van der Waals surface area contributed by atoms with Crippen LogP contribution >= 0.6 is 0 Å². The first-order valence-electron chi connectivity index (χ1n) is 11.5. The molecule has 0 radical (unpaired) electrons. The summed E-state index contributed by atoms with van der Waals surface area (Å²) in [6.07, 6.45) is 2.96. The van der Waals surface area contributed by atoms with Gasteiger partial charge in [-0.3, -0.25) is 4.90 Å². The molecule has 6 nitrogen and oxygen atoms in total. The molecule has 1 atom stereocenters. The highest BCUT2D eigenvalue weighted by molar-refractivity contribution is 5.44. The maximum Gasteiger partial charge on any atom is 0.227 e. The van der Waals surface area contributed by atoms with E-state index in [1.165, 1.54) is 12.8 Å². The first-order chi connectivity index (χ1) is 15.6. The van der Waals surface area contributed by atoms with Crippen molar-refractivity contribution in [1.82, 2.24) is 14.7 Å². The van der Waals surface area contributed by atoms with E-state index >= 15 is 0 Å². The molecular formula is C26H33N3O3. The van der Waals surface area contributed by atoms with E-state index in [9.17, 15) is 5.11 Å². The Balaban J connectivity index is 1.75. The smallest absolute Gasteiger partial charge is 0.227 e. The van der Waals surface area contributed by atoms with Crippen LogP contribution in [-0.4, -0.2) is 46.1 Å². The van der Waals surface area contributed by atoms with Gasteiger partial charge in [-0.2, -0.15) is 5.10 Å². The van der Waals surface area contributed by atoms with Gasteiger partial charge in [0.15, 0.2) is 0 Å². The molecule has 1 fully saturated rings. The number of aryl methyl sites for hydroxylation is 1. The number of hydrogen-bond acceptors (Lipinski definition) is 5. The van der Waals surface area contributed by atoms with Crippen molar-refractivity contribution < 1.29 is 14.6 Å². The van der Waals surface area contributed by atoms with Crippen molar-refractivity contribution in [3.63, 3.8) is 0 Å². The Hall–Kier alpha value is -2.83. The van der Waals surface area contributed by atoms with E-state index in [1.54, 1.807) is 7.11 Å². The number of aromatic nitrogens is 2. The monoisotopic (exact) mass is 435 g/mol. The largest absolute Gasteiger partial charge is 0.497 e. The second-order valence-electron chi connectivity index (χ2n) is 8.60. The van der Waals surface area contributed by atoms with Gasteiger partial charge in [0.05, 0.1) is 30.2 Å². The predicted octanol–water partition coefficient (Wildman–Crippen LogP) is 4.83. The molecule has 6 heteroatoms. The molecule has 1 aliphatic carbocycles. The van der Waals surface area contributed by atoms with Crippen LogP contribution in [0, 0.1) is 5.92 Å². The molecule has 3 aromatic rings. The molecule has 0 aliphatic heterocycles. The zero-order valence-electron chi connectivity index (χ0n) is 19.2. The number of rotatable bonds is 11. The molecule has 0 bridgehead atoms. The van der Waals surface area contributed by atoms with Gasteiger partial charge in [0.2, 0.25) is 5.88 Å². The van der Waals surface area contributed by atoms with Crippen LogP contribution in [0.3, 0.4) is 0 Å². The van der Waals surface area contributed by atoms with Gasteiger partial charge in [-0.05, 0) is 56.4 Å². The lowest BCUT2D eigenvalue weighted by Gasteiger charge is -2.24. The molecule has 0 saturated heterocycles. The molecule has 1 N–H and O–H groups in total. The number of aliphatic hydroxyl groups is 1. The maximum absolute atomic E-state index is 10.1. The number of para-hydroxylation sites is 1. The zero-order chi connectivity index (χ0) is 22.5. The Morgan fingerprint density at radius 1 is 1.12 bits per heavy atom. The van der Waals surface area contributed by atoms with Crippen molar-refractivity contribution in [2.45, 2.75) is 45.8 Å². The number of nitrogens with zero attached hydrogens (tertiary/aromatic N) is 3. The van der Waals surface area contributed by atoms with Crippen molar-refractivity contribution in [2.75, 3.05) is 20.2 Å². The summed E-state index contributed by atoms with van der Waals surface area (Å²) in [6, 6.07) is 17.7. The van der Waals surface area contributed by atoms with E-state index < -0.39 is 0 Å². The van der Waals surface area contributed by atoms with Crippen molar-refractivity contribution in [3.05, 3.63) is 65.9 Å². The highest BCUT2D eigenvalue weighted by Gasteiger charge is 2.28. The van der Waals surface area contributed by atoms with Crippen LogP contribution in [0.15, 0.2) is 54.6 Å². The van der Waals surface area contributed by atoms with Crippen LogP contribution in [0.4, 0.5) is 0 Å². The van der Waals surface area contributed by atoms with E-state index in [2.05, 4.69) is 11.8 Å². The van der Waals surface area contributed by atoms with E-state index in [0.29, 0.717) is 24.7 Å². The second kappa shape index (κ2) is 10.2. The van der Waals surface area contributed by atoms with Crippen LogP contribution in [0.5, 0.6) is 17.4 Å². The summed E-state index contributed by atoms with van der Waals surface area (Å²) in [5.74, 6) is 2.89. The molecule has 0 spiro atoms. The lowest BCUT2D eigenvalue weighted by atomic mass is 10.1. The Morgan fingerprint density at radius 2 is 1.88 bits per heavy atom. The molecule has 1 aliphatic rings. The minimum atomic E-state index is -0.384. The highest BCUT2D eigenvalue weighted by atomic mass is 16.5. The standard InChI is InChI=1S/C26H33N3O3/c1-4-25-24(18-28(16-19(2)30)17-20-13-14-20)26(29(27-25)21-9-6-5-7-10-21)32-23-12-8-11-22(15-23)31-3/h5-12,15,19-20,30H,4,13-14,16-18H2,1-3H3/t19-/m0/s1. The summed E-state index contributed by atoms with van der Waals surface area (Å²) in [4.78, 5) is 2.34. The van der Waals surface area contributed by atoms with Gasteiger partial charge in [-0.25, -0.2) is 4.68 Å². The van der Waals surface area contributed by atoms with Gasteiger partial charge in [0.25, 0.3) is 0 Å². The molecule has 32 heavy (non-hydrogen) atoms. The van der Waals surface area contributed by atoms with E-state index in [1.807, 2.05) is 66.2 Å². The number of aliphatic hydroxyl groups excluding tert-OH is 1. The van der Waals surface area contributed by atoms with Gasteiger partial charge in [-0.15, -0.1) is 0 Å². The summed E-state index contributed by atoms with van der Waals surface area (Å²) in [7, 11) is 1.65. The summed E-state index contributed by atoms with van der Waals surface area (Å²) < 4.78 is 13.8. The third-order valence-corrected chi connectivity index (χ3v) is 5.73. The van der Waals surface area contributed by atoms with Crippen LogP contribution in [0.25, 0.3) is 5.69 Å². The Bertz CT molecular complexity index is 1010. The lowest BCUT2D eigenvalue weighted by Crippen LogP contribution is -2.32. The van der Waals surface area contributed by atoms with Crippen molar-refractivity contribution in [1.29, 1.82) is 0 Å². The van der Waals surface area contributed by atoms with E-state index in [0.717, 1.165) is 41.6 Å². The lowest BCUT2D eigenvalue weighted by molar-refractivity contribution is 0.118. The Labute approximate surface area is 190 Å². The molecule has 170 valence electrons. The average molecular weight is 436 g/mol. The van der Waals surface area contributed by atoms with E-state index in [-0.39, 0.29) is 6.10 Å². The van der Waals surface area contributed by atoms with E-state index in [4.69, 9.17) is 14.6 Å². The summed E-state index contributed by atoms with van der Waals surface area (Å²) in [5, 5.41) is 15.0. The van der Waals surface area contributed by atoms with Crippen LogP contribution in [0.1, 0.15) is 37.9 Å². The van der Waals surface area contributed by atoms with Crippen LogP contribution in [0.2, 0.25) is 0 Å². The molecule has 0 amide bonds. The normalized spacial score (nSPS) is 14.5. The predicted molar refractivity (Wildman–Crippen MR) is 126 cm³/mol. The maximum atomic E-state index is 10.1. The quantitative estimate of drug-likeness (QED) is 0.468. The van der Waals surface area contributed by atoms with Gasteiger partial charge >= 0.3 is 0 Å². The third kappa shape index (κ3) is 5.50. The minimum Gasteiger partial charge on any atom is -0.497 e. The van der Waals surface area contributed by atoms with Crippen LogP contribution < -0.4 is 9.47 Å². The number of benzene rings is 2. The average Bonchev–Trinajstić information content (AvgIpc) is 3.55. The van der Waals surface area contributed by atoms with Gasteiger partial charge in [0.1, 0.15) is 11.5 Å². The molecule has 1 aromatic heterocycles. The fourth-order valence-electron chi connectivity index (χ4n) is 4.01. The Kier molecular flexibility index (Phi) is 7.12. The summed E-state index contributed by atoms with van der Waals surface area (Å²) >= 11 is 0. The minimum absolute atomic E-state index is 0.384. The molecule has 1 saturated carbocycles. The zero-order valence-corrected chi connectivity index (χ0v) is 19.2. The topological polar surface area (TPSA) is 59.8 Å². The first kappa shape index (κ1) is 22.4. The molecule has 2 aromatic carbocycles. The number of methoxy groups -OCH3 is 1. The molecule has 4 rings (SSSR count). The molecule has 1 heterocycles. The summed E-state index contributed by atoms with van der Waals surface area (Å²) in [5.41, 5.74) is 3.04. The SMILES string of the molecule is CCc1nn(-c2ccccc2)c(Oc2cccc(OC)c2)c1CN(CC1CC1)C[C@H](C)O. The molecule has 0 unspecified atom stereocenters. The summed E-state index contributed by atoms with van der Waals surface area (Å²) in [6.45, 7) is 6.28. The molecular weight excluding hydrogens is 402 g/mol. The fourth-order valence-corrected chi connectivity index (χ4v) is 4.01. The third-order valence-electron chi connectivity index (χ3n) is 5.73. The first-order valence-corrected chi connectivity index (χ1v) is 11.5. The van der Waals surface area contributed by atoms with Gasteiger partial charge in [0, 0.05) is 25.7 Å². The van der Waals surface area contributed by atoms with Crippen LogP contribution in [-0.2, 0) is 13.0 Å². The number of hydrogen-bond donors (Lipinski definition) is 1. The van der Waals surface area contributed by atoms with Crippen molar-refractivity contribution in [2.24, 2.45) is 5.92 Å². The number of ether oxygens (including phenoxy) is 2. The fraction of sp³-hybridized carbons (Fsp3) is 0.423. The van der Waals surface area contributed by atoms with Gasteiger partial charge < -0.3 is 14.6 Å². The highest BCUT2D eigenvalue weighted by Crippen LogP contribution is 2.35. The Morgan fingerprint density at radius 3 is 2.53 bits per heavy atom. The second-order valence-corrected chi connectivity index (χ2v) is 8.60.